The van der Waals surface area contributed by atoms with Crippen molar-refractivity contribution in [3.8, 4) is 6.01 Å². The molecule has 1 fully saturated rings. The number of benzene rings is 2. The van der Waals surface area contributed by atoms with Crippen molar-refractivity contribution in [3.05, 3.63) is 64.7 Å². The number of esters is 1. The van der Waals surface area contributed by atoms with Gasteiger partial charge in [0, 0.05) is 22.7 Å². The lowest BCUT2D eigenvalue weighted by Gasteiger charge is -2.19. The van der Waals surface area contributed by atoms with Crippen molar-refractivity contribution in [2.45, 2.75) is 56.3 Å². The molecule has 0 spiro atoms. The minimum atomic E-state index is -4.62. The number of ether oxygens (including phenoxy) is 2. The summed E-state index contributed by atoms with van der Waals surface area (Å²) in [5, 5.41) is 9.19. The third-order valence-electron chi connectivity index (χ3n) is 7.09. The van der Waals surface area contributed by atoms with Crippen LogP contribution in [-0.2, 0) is 24.7 Å². The average Bonchev–Trinajstić information content (AvgIpc) is 3.81. The van der Waals surface area contributed by atoms with E-state index >= 15 is 0 Å². The number of methoxy groups -OCH3 is 1. The number of alkyl halides is 3. The lowest BCUT2D eigenvalue weighted by molar-refractivity contribution is -0.154. The number of rotatable bonds is 16. The van der Waals surface area contributed by atoms with Gasteiger partial charge in [0.05, 0.1) is 12.6 Å². The van der Waals surface area contributed by atoms with E-state index in [1.807, 2.05) is 12.1 Å². The summed E-state index contributed by atoms with van der Waals surface area (Å²) in [4.78, 5) is 59.7. The molecule has 1 saturated carbocycles. The van der Waals surface area contributed by atoms with E-state index in [0.717, 1.165) is 18.4 Å². The summed E-state index contributed by atoms with van der Waals surface area (Å²) in [6.45, 7) is -1.61. The number of nitrogens with zero attached hydrogens (tertiary/aromatic N) is 3. The largest absolute Gasteiger partial charge is 0.467 e. The van der Waals surface area contributed by atoms with Crippen LogP contribution in [0.5, 0.6) is 6.01 Å². The highest BCUT2D eigenvalue weighted by molar-refractivity contribution is 6.35. The number of ketones is 1. The van der Waals surface area contributed by atoms with Crippen molar-refractivity contribution in [1.82, 2.24) is 20.3 Å². The predicted molar refractivity (Wildman–Crippen MR) is 163 cm³/mol. The van der Waals surface area contributed by atoms with E-state index in [2.05, 4.69) is 30.9 Å². The molecule has 0 unspecified atom stereocenters. The lowest BCUT2D eigenvalue weighted by Crippen LogP contribution is -2.41. The number of amides is 2. The van der Waals surface area contributed by atoms with Gasteiger partial charge in [0.1, 0.15) is 6.04 Å². The lowest BCUT2D eigenvalue weighted by atomic mass is 10.1. The van der Waals surface area contributed by atoms with Gasteiger partial charge in [-0.3, -0.25) is 14.4 Å². The number of carbonyl (C=O) groups is 4. The number of Topliss-reactive ketones (excluding diaryl/α,β-unsaturated/α-hetero) is 1. The minimum Gasteiger partial charge on any atom is -0.467 e. The molecule has 250 valence electrons. The Morgan fingerprint density at radius 1 is 0.979 bits per heavy atom. The number of aromatic nitrogens is 3. The first-order chi connectivity index (χ1) is 22.3. The summed E-state index contributed by atoms with van der Waals surface area (Å²) >= 11 is 6.01. The molecule has 0 radical (unpaired) electrons. The molecule has 3 aromatic rings. The molecule has 1 aliphatic rings. The fraction of sp³-hybridized carbons (Fsp3) is 0.367. The maximum atomic E-state index is 12.9. The van der Waals surface area contributed by atoms with Crippen LogP contribution in [0.3, 0.4) is 0 Å². The number of nitrogens with one attached hydrogen (secondary N) is 3. The fourth-order valence-corrected chi connectivity index (χ4v) is 4.62. The maximum Gasteiger partial charge on any atom is 0.422 e. The van der Waals surface area contributed by atoms with Crippen molar-refractivity contribution in [3.63, 3.8) is 0 Å². The molecule has 13 nitrogen and oxygen atoms in total. The minimum absolute atomic E-state index is 0.0176. The van der Waals surface area contributed by atoms with Crippen molar-refractivity contribution in [1.29, 1.82) is 0 Å². The van der Waals surface area contributed by atoms with Gasteiger partial charge in [0.2, 0.25) is 17.7 Å². The van der Waals surface area contributed by atoms with Crippen LogP contribution in [0, 0.1) is 0 Å². The van der Waals surface area contributed by atoms with Crippen molar-refractivity contribution < 1.29 is 41.8 Å². The predicted octanol–water partition coefficient (Wildman–Crippen LogP) is 4.20. The van der Waals surface area contributed by atoms with Gasteiger partial charge in [-0.1, -0.05) is 30.2 Å². The molecule has 47 heavy (non-hydrogen) atoms. The van der Waals surface area contributed by atoms with Gasteiger partial charge in [-0.2, -0.15) is 28.1 Å². The highest BCUT2D eigenvalue weighted by Crippen LogP contribution is 2.48. The van der Waals surface area contributed by atoms with Gasteiger partial charge in [-0.25, -0.2) is 4.79 Å². The molecule has 1 atom stereocenters. The van der Waals surface area contributed by atoms with Crippen molar-refractivity contribution in [2.24, 2.45) is 5.73 Å². The average molecular weight is 678 g/mol. The van der Waals surface area contributed by atoms with Gasteiger partial charge in [0.15, 0.2) is 6.61 Å². The molecule has 1 aliphatic carbocycles. The van der Waals surface area contributed by atoms with Gasteiger partial charge in [-0.15, -0.1) is 0 Å². The maximum absolute atomic E-state index is 12.9. The van der Waals surface area contributed by atoms with Crippen molar-refractivity contribution >= 4 is 52.8 Å². The topological polar surface area (TPSA) is 188 Å². The number of primary amides is 1. The number of anilines is 3. The van der Waals surface area contributed by atoms with E-state index in [1.165, 1.54) is 31.4 Å². The first-order valence-corrected chi connectivity index (χ1v) is 14.7. The van der Waals surface area contributed by atoms with Crippen LogP contribution in [0.1, 0.15) is 54.4 Å². The summed E-state index contributed by atoms with van der Waals surface area (Å²) in [6, 6.07) is 11.5. The molecule has 5 N–H and O–H groups in total. The van der Waals surface area contributed by atoms with Crippen LogP contribution < -0.4 is 26.4 Å². The van der Waals surface area contributed by atoms with Crippen LogP contribution >= 0.6 is 11.6 Å². The van der Waals surface area contributed by atoms with Crippen LogP contribution in [0.25, 0.3) is 0 Å². The zero-order valence-corrected chi connectivity index (χ0v) is 25.8. The summed E-state index contributed by atoms with van der Waals surface area (Å²) in [5.41, 5.74) is 5.85. The second-order valence-corrected chi connectivity index (χ2v) is 11.1. The first kappa shape index (κ1) is 34.9. The van der Waals surface area contributed by atoms with Gasteiger partial charge < -0.3 is 31.2 Å². The Bertz CT molecular complexity index is 1600. The molecule has 2 amide bonds. The van der Waals surface area contributed by atoms with E-state index in [4.69, 9.17) is 26.8 Å². The summed E-state index contributed by atoms with van der Waals surface area (Å²) in [6.07, 6.45) is -2.50. The number of carbonyl (C=O) groups excluding carboxylic acids is 4. The second kappa shape index (κ2) is 15.1. The van der Waals surface area contributed by atoms with Crippen LogP contribution in [-0.4, -0.2) is 64.5 Å². The fourth-order valence-electron chi connectivity index (χ4n) is 4.50. The molecule has 0 bridgehead atoms. The smallest absolute Gasteiger partial charge is 0.422 e. The molecule has 2 aromatic carbocycles. The SMILES string of the molecule is COC(=O)[C@H](CCCCC(=O)C(N)=O)NC(=O)c1ccc(Nc2nc(NC3(c4ccc(Cl)cc4)CC3)nc(OCC(F)(F)F)n2)cc1. The highest BCUT2D eigenvalue weighted by Gasteiger charge is 2.45. The molecular weight excluding hydrogens is 647 g/mol. The van der Waals surface area contributed by atoms with Crippen LogP contribution in [0.15, 0.2) is 48.5 Å². The van der Waals surface area contributed by atoms with Crippen LogP contribution in [0.2, 0.25) is 5.02 Å². The number of hydrogen-bond donors (Lipinski definition) is 4. The summed E-state index contributed by atoms with van der Waals surface area (Å²) < 4.78 is 48.2. The first-order valence-electron chi connectivity index (χ1n) is 14.4. The molecule has 4 rings (SSSR count). The molecule has 1 heterocycles. The zero-order chi connectivity index (χ0) is 34.2. The number of nitrogens with two attached hydrogens (primary N) is 1. The van der Waals surface area contributed by atoms with E-state index in [1.54, 1.807) is 12.1 Å². The Morgan fingerprint density at radius 3 is 2.23 bits per heavy atom. The third-order valence-corrected chi connectivity index (χ3v) is 7.35. The van der Waals surface area contributed by atoms with E-state index < -0.39 is 53.9 Å². The Morgan fingerprint density at radius 2 is 1.64 bits per heavy atom. The van der Waals surface area contributed by atoms with E-state index in [-0.39, 0.29) is 36.7 Å². The number of halogens is 4. The Hall–Kier alpha value is -4.99. The molecule has 0 aliphatic heterocycles. The Kier molecular flexibility index (Phi) is 11.2. The van der Waals surface area contributed by atoms with E-state index in [0.29, 0.717) is 17.1 Å². The third kappa shape index (κ3) is 10.3. The molecule has 17 heteroatoms. The highest BCUT2D eigenvalue weighted by atomic mass is 35.5. The summed E-state index contributed by atoms with van der Waals surface area (Å²) in [7, 11) is 1.17. The second-order valence-electron chi connectivity index (χ2n) is 10.7. The molecule has 0 saturated heterocycles. The molecule has 1 aromatic heterocycles. The standard InChI is InChI=1S/C30H31ClF3N7O6/c1-46-25(45)21(4-2-3-5-22(42)23(35)43)37-24(44)17-6-12-20(13-7-17)36-26-38-27(40-28(39-26)47-16-30(32,33)34)41-29(14-15-29)18-8-10-19(31)11-9-18/h6-13,21H,2-5,14-16H2,1H3,(H2,35,43)(H,37,44)(H2,36,38,39,40,41)/t21-/m0/s1. The Labute approximate surface area is 271 Å². The monoisotopic (exact) mass is 677 g/mol. The normalized spacial score (nSPS) is 14.0. The van der Waals surface area contributed by atoms with Gasteiger partial charge in [0.25, 0.3) is 11.8 Å². The molecular formula is C30H31ClF3N7O6. The number of unbranched alkanes of at least 4 members (excludes halogenated alkanes) is 1. The number of hydrogen-bond acceptors (Lipinski definition) is 11. The summed E-state index contributed by atoms with van der Waals surface area (Å²) in [5.74, 6) is -3.18. The zero-order valence-electron chi connectivity index (χ0n) is 25.0. The van der Waals surface area contributed by atoms with Gasteiger partial charge in [-0.05, 0) is 67.6 Å². The quantitative estimate of drug-likeness (QED) is 0.0967. The van der Waals surface area contributed by atoms with Crippen LogP contribution in [0.4, 0.5) is 30.8 Å². The Balaban J connectivity index is 1.44. The van der Waals surface area contributed by atoms with Crippen molar-refractivity contribution in [2.75, 3.05) is 24.4 Å². The van der Waals surface area contributed by atoms with E-state index in [9.17, 15) is 32.3 Å². The van der Waals surface area contributed by atoms with Gasteiger partial charge >= 0.3 is 18.2 Å².